The summed E-state index contributed by atoms with van der Waals surface area (Å²) >= 11 is 0. The standard InChI is InChI=1S/C15H22O5/c1-6-9(16)15(19)11(17)20-10-8-7(5-12(8,2)3)13(15,4)14(6,10)18/h6-10,16,18-19H,5H2,1-4H3/t6-,7+,8-,9+,10+,13-,14-,15+/m1/s1. The first-order chi connectivity index (χ1) is 9.04. The van der Waals surface area contributed by atoms with Crippen LogP contribution >= 0.6 is 0 Å². The van der Waals surface area contributed by atoms with Crippen molar-refractivity contribution < 1.29 is 24.9 Å². The molecule has 3 aliphatic carbocycles. The first kappa shape index (κ1) is 13.0. The summed E-state index contributed by atoms with van der Waals surface area (Å²) in [6.07, 6.45) is -1.08. The molecular formula is C15H22O5. The lowest BCUT2D eigenvalue weighted by molar-refractivity contribution is -0.241. The maximum Gasteiger partial charge on any atom is 0.342 e. The van der Waals surface area contributed by atoms with Crippen LogP contribution in [0.3, 0.4) is 0 Å². The summed E-state index contributed by atoms with van der Waals surface area (Å²) in [5, 5.41) is 32.7. The molecule has 4 rings (SSSR count). The Morgan fingerprint density at radius 3 is 2.40 bits per heavy atom. The van der Waals surface area contributed by atoms with Crippen molar-refractivity contribution in [1.82, 2.24) is 0 Å². The molecule has 0 radical (unpaired) electrons. The Morgan fingerprint density at radius 1 is 1.25 bits per heavy atom. The highest BCUT2D eigenvalue weighted by Crippen LogP contribution is 2.79. The van der Waals surface area contributed by atoms with E-state index in [4.69, 9.17) is 4.74 Å². The molecule has 4 aliphatic rings. The van der Waals surface area contributed by atoms with Gasteiger partial charge in [-0.15, -0.1) is 0 Å². The van der Waals surface area contributed by atoms with Crippen LogP contribution in [-0.4, -0.2) is 44.7 Å². The van der Waals surface area contributed by atoms with Gasteiger partial charge in [0.2, 0.25) is 0 Å². The summed E-state index contributed by atoms with van der Waals surface area (Å²) in [6, 6.07) is 0. The lowest BCUT2D eigenvalue weighted by atomic mass is 9.50. The van der Waals surface area contributed by atoms with Gasteiger partial charge in [0, 0.05) is 17.3 Å². The zero-order valence-corrected chi connectivity index (χ0v) is 12.3. The fourth-order valence-electron chi connectivity index (χ4n) is 6.19. The number of ether oxygens (including phenoxy) is 1. The maximum absolute atomic E-state index is 12.3. The van der Waals surface area contributed by atoms with E-state index < -0.39 is 40.7 Å². The molecule has 1 heterocycles. The predicted octanol–water partition coefficient (Wildman–Crippen LogP) is 0.0668. The number of carbonyl (C=O) groups excluding carboxylic acids is 1. The highest BCUT2D eigenvalue weighted by molar-refractivity contribution is 5.85. The zero-order valence-electron chi connectivity index (χ0n) is 12.3. The average molecular weight is 282 g/mol. The van der Waals surface area contributed by atoms with Crippen LogP contribution in [0.5, 0.6) is 0 Å². The molecule has 112 valence electrons. The molecule has 1 saturated heterocycles. The minimum Gasteiger partial charge on any atom is -0.457 e. The van der Waals surface area contributed by atoms with Gasteiger partial charge in [0.25, 0.3) is 0 Å². The van der Waals surface area contributed by atoms with E-state index in [1.54, 1.807) is 13.8 Å². The van der Waals surface area contributed by atoms with Crippen LogP contribution in [0.15, 0.2) is 0 Å². The van der Waals surface area contributed by atoms with E-state index in [0.717, 1.165) is 6.42 Å². The Kier molecular flexibility index (Phi) is 1.92. The minimum atomic E-state index is -1.99. The Balaban J connectivity index is 2.00. The fourth-order valence-corrected chi connectivity index (χ4v) is 6.19. The van der Waals surface area contributed by atoms with Crippen LogP contribution in [0.2, 0.25) is 0 Å². The summed E-state index contributed by atoms with van der Waals surface area (Å²) in [5.41, 5.74) is -4.39. The van der Waals surface area contributed by atoms with E-state index >= 15 is 0 Å². The molecule has 0 aromatic carbocycles. The van der Waals surface area contributed by atoms with Crippen LogP contribution in [0.25, 0.3) is 0 Å². The van der Waals surface area contributed by atoms with Gasteiger partial charge in [-0.05, 0) is 17.8 Å². The van der Waals surface area contributed by atoms with Crippen LogP contribution < -0.4 is 0 Å². The van der Waals surface area contributed by atoms with E-state index in [0.29, 0.717) is 0 Å². The lowest BCUT2D eigenvalue weighted by Crippen LogP contribution is -2.67. The van der Waals surface area contributed by atoms with Gasteiger partial charge in [-0.25, -0.2) is 4.79 Å². The first-order valence-electron chi connectivity index (χ1n) is 7.38. The summed E-state index contributed by atoms with van der Waals surface area (Å²) in [4.78, 5) is 12.3. The SMILES string of the molecule is C[C@@H]1[C@H](O)[C@]2(O)C(=O)O[C@H]3[C@H]4[C@H](CC4(C)C)[C@]2(C)[C@@]13O. The van der Waals surface area contributed by atoms with E-state index in [-0.39, 0.29) is 17.3 Å². The van der Waals surface area contributed by atoms with E-state index in [1.165, 1.54) is 0 Å². The number of fused-ring (bicyclic) bond motifs is 2. The van der Waals surface area contributed by atoms with Gasteiger partial charge in [-0.3, -0.25) is 0 Å². The van der Waals surface area contributed by atoms with Gasteiger partial charge in [-0.2, -0.15) is 0 Å². The van der Waals surface area contributed by atoms with Crippen molar-refractivity contribution in [3.8, 4) is 0 Å². The van der Waals surface area contributed by atoms with Crippen molar-refractivity contribution >= 4 is 5.97 Å². The third-order valence-corrected chi connectivity index (χ3v) is 7.35. The molecule has 3 saturated carbocycles. The van der Waals surface area contributed by atoms with E-state index in [2.05, 4.69) is 13.8 Å². The second-order valence-electron chi connectivity index (χ2n) is 8.18. The second kappa shape index (κ2) is 2.94. The average Bonchev–Trinajstić information content (AvgIpc) is 2.53. The van der Waals surface area contributed by atoms with Crippen LogP contribution in [-0.2, 0) is 9.53 Å². The first-order valence-corrected chi connectivity index (χ1v) is 7.38. The number of rotatable bonds is 0. The molecule has 3 N–H and O–H groups in total. The predicted molar refractivity (Wildman–Crippen MR) is 68.4 cm³/mol. The molecule has 0 aromatic rings. The molecule has 0 amide bonds. The number of carbonyl (C=O) groups is 1. The monoisotopic (exact) mass is 282 g/mol. The van der Waals surface area contributed by atoms with Gasteiger partial charge in [0.1, 0.15) is 11.7 Å². The normalized spacial score (nSPS) is 65.5. The zero-order chi connectivity index (χ0) is 14.9. The number of aliphatic hydroxyl groups excluding tert-OH is 1. The lowest BCUT2D eigenvalue weighted by Gasteiger charge is -2.54. The number of aliphatic hydroxyl groups is 3. The highest BCUT2D eigenvalue weighted by atomic mass is 16.6. The van der Waals surface area contributed by atoms with Crippen LogP contribution in [0.1, 0.15) is 34.1 Å². The molecule has 0 unspecified atom stereocenters. The Bertz CT molecular complexity index is 530. The van der Waals surface area contributed by atoms with Crippen LogP contribution in [0, 0.1) is 28.6 Å². The molecule has 1 aliphatic heterocycles. The summed E-state index contributed by atoms with van der Waals surface area (Å²) < 4.78 is 5.45. The smallest absolute Gasteiger partial charge is 0.342 e. The van der Waals surface area contributed by atoms with Crippen LogP contribution in [0.4, 0.5) is 0 Å². The van der Waals surface area contributed by atoms with E-state index in [9.17, 15) is 20.1 Å². The van der Waals surface area contributed by atoms with Gasteiger partial charge >= 0.3 is 5.97 Å². The molecule has 0 aromatic heterocycles. The Labute approximate surface area is 117 Å². The second-order valence-corrected chi connectivity index (χ2v) is 8.18. The molecular weight excluding hydrogens is 260 g/mol. The molecule has 8 atom stereocenters. The largest absolute Gasteiger partial charge is 0.457 e. The van der Waals surface area contributed by atoms with Gasteiger partial charge in [0.15, 0.2) is 5.60 Å². The minimum absolute atomic E-state index is 0.00329. The molecule has 5 nitrogen and oxygen atoms in total. The maximum atomic E-state index is 12.3. The van der Waals surface area contributed by atoms with Crippen molar-refractivity contribution in [2.75, 3.05) is 0 Å². The topological polar surface area (TPSA) is 87.0 Å². The van der Waals surface area contributed by atoms with E-state index in [1.807, 2.05) is 0 Å². The Morgan fingerprint density at radius 2 is 1.85 bits per heavy atom. The number of esters is 1. The number of hydrogen-bond acceptors (Lipinski definition) is 5. The van der Waals surface area contributed by atoms with Crippen molar-refractivity contribution in [2.24, 2.45) is 28.6 Å². The fraction of sp³-hybridized carbons (Fsp3) is 0.933. The quantitative estimate of drug-likeness (QED) is 0.547. The van der Waals surface area contributed by atoms with Gasteiger partial charge in [0.05, 0.1) is 6.10 Å². The summed E-state index contributed by atoms with van der Waals surface area (Å²) in [6.45, 7) is 7.67. The third kappa shape index (κ3) is 0.839. The summed E-state index contributed by atoms with van der Waals surface area (Å²) in [5.74, 6) is -1.30. The van der Waals surface area contributed by atoms with Crippen molar-refractivity contribution in [3.63, 3.8) is 0 Å². The van der Waals surface area contributed by atoms with Crippen molar-refractivity contribution in [3.05, 3.63) is 0 Å². The van der Waals surface area contributed by atoms with Gasteiger partial charge in [-0.1, -0.05) is 27.7 Å². The highest BCUT2D eigenvalue weighted by Gasteiger charge is 2.91. The molecule has 5 heteroatoms. The van der Waals surface area contributed by atoms with Crippen molar-refractivity contribution in [1.29, 1.82) is 0 Å². The summed E-state index contributed by atoms with van der Waals surface area (Å²) in [7, 11) is 0. The Hall–Kier alpha value is -0.650. The molecule has 4 fully saturated rings. The molecule has 20 heavy (non-hydrogen) atoms. The molecule has 4 bridgehead atoms. The van der Waals surface area contributed by atoms with Gasteiger partial charge < -0.3 is 20.1 Å². The number of hydrogen-bond donors (Lipinski definition) is 3. The molecule has 0 spiro atoms. The third-order valence-electron chi connectivity index (χ3n) is 7.35. The van der Waals surface area contributed by atoms with Crippen molar-refractivity contribution in [2.45, 2.75) is 57.5 Å².